The van der Waals surface area contributed by atoms with Gasteiger partial charge in [-0.3, -0.25) is 14.5 Å². The summed E-state index contributed by atoms with van der Waals surface area (Å²) in [5.41, 5.74) is 3.08. The molecular formula is C19H29N3O3. The summed E-state index contributed by atoms with van der Waals surface area (Å²) in [7, 11) is 0. The summed E-state index contributed by atoms with van der Waals surface area (Å²) >= 11 is 0. The van der Waals surface area contributed by atoms with Crippen LogP contribution in [0.2, 0.25) is 0 Å². The Balaban J connectivity index is 1.80. The topological polar surface area (TPSA) is 61.9 Å². The highest BCUT2D eigenvalue weighted by atomic mass is 16.5. The number of amides is 2. The third-order valence-corrected chi connectivity index (χ3v) is 4.44. The van der Waals surface area contributed by atoms with Crippen LogP contribution in [0.4, 0.5) is 5.69 Å². The van der Waals surface area contributed by atoms with E-state index in [-0.39, 0.29) is 11.8 Å². The van der Waals surface area contributed by atoms with Gasteiger partial charge in [-0.05, 0) is 25.5 Å². The van der Waals surface area contributed by atoms with Crippen molar-refractivity contribution in [2.75, 3.05) is 50.8 Å². The van der Waals surface area contributed by atoms with E-state index in [1.165, 1.54) is 6.92 Å². The molecule has 0 aromatic heterocycles. The number of nitrogens with one attached hydrogen (secondary N) is 1. The van der Waals surface area contributed by atoms with Crippen molar-refractivity contribution in [1.29, 1.82) is 0 Å². The summed E-state index contributed by atoms with van der Waals surface area (Å²) in [6.45, 7) is 10.8. The average Bonchev–Trinajstić information content (AvgIpc) is 2.57. The standard InChI is InChI=1S/C19H29N3O3/c1-15-4-5-18(16(2)14-15)22(17(3)23)8-6-19(24)20-7-9-21-10-12-25-13-11-21/h4-5,14H,6-13H2,1-3H3,(H,20,24). The first kappa shape index (κ1) is 19.4. The molecule has 1 aliphatic rings. The molecule has 6 heteroatoms. The summed E-state index contributed by atoms with van der Waals surface area (Å²) in [4.78, 5) is 28.0. The summed E-state index contributed by atoms with van der Waals surface area (Å²) in [6, 6.07) is 5.98. The van der Waals surface area contributed by atoms with E-state index in [0.29, 0.717) is 19.5 Å². The molecule has 1 aromatic carbocycles. The lowest BCUT2D eigenvalue weighted by molar-refractivity contribution is -0.121. The Labute approximate surface area is 150 Å². The van der Waals surface area contributed by atoms with Gasteiger partial charge < -0.3 is 15.0 Å². The Hall–Kier alpha value is -1.92. The minimum atomic E-state index is -0.0481. The van der Waals surface area contributed by atoms with Crippen LogP contribution in [0.5, 0.6) is 0 Å². The zero-order valence-electron chi connectivity index (χ0n) is 15.5. The molecule has 0 unspecified atom stereocenters. The maximum atomic E-state index is 12.1. The molecule has 1 aliphatic heterocycles. The molecule has 0 spiro atoms. The fourth-order valence-electron chi connectivity index (χ4n) is 3.04. The molecule has 2 amide bonds. The lowest BCUT2D eigenvalue weighted by atomic mass is 10.1. The monoisotopic (exact) mass is 347 g/mol. The number of aryl methyl sites for hydroxylation is 2. The highest BCUT2D eigenvalue weighted by molar-refractivity contribution is 5.93. The maximum Gasteiger partial charge on any atom is 0.223 e. The van der Waals surface area contributed by atoms with E-state index in [4.69, 9.17) is 4.74 Å². The van der Waals surface area contributed by atoms with Crippen LogP contribution in [0.25, 0.3) is 0 Å². The Morgan fingerprint density at radius 2 is 1.96 bits per heavy atom. The van der Waals surface area contributed by atoms with Crippen molar-refractivity contribution in [2.45, 2.75) is 27.2 Å². The number of morpholine rings is 1. The maximum absolute atomic E-state index is 12.1. The van der Waals surface area contributed by atoms with Crippen molar-refractivity contribution >= 4 is 17.5 Å². The van der Waals surface area contributed by atoms with E-state index >= 15 is 0 Å². The van der Waals surface area contributed by atoms with Crippen LogP contribution in [0.3, 0.4) is 0 Å². The van der Waals surface area contributed by atoms with Crippen LogP contribution in [-0.2, 0) is 14.3 Å². The van der Waals surface area contributed by atoms with Crippen molar-refractivity contribution in [3.8, 4) is 0 Å². The molecule has 6 nitrogen and oxygen atoms in total. The molecule has 1 fully saturated rings. The van der Waals surface area contributed by atoms with Gasteiger partial charge in [0, 0.05) is 51.8 Å². The Morgan fingerprint density at radius 3 is 2.60 bits per heavy atom. The van der Waals surface area contributed by atoms with Crippen molar-refractivity contribution < 1.29 is 14.3 Å². The Kier molecular flexibility index (Phi) is 7.40. The number of benzene rings is 1. The van der Waals surface area contributed by atoms with Gasteiger partial charge in [0.05, 0.1) is 13.2 Å². The fourth-order valence-corrected chi connectivity index (χ4v) is 3.04. The summed E-state index contributed by atoms with van der Waals surface area (Å²) in [6.07, 6.45) is 0.302. The minimum Gasteiger partial charge on any atom is -0.379 e. The number of rotatable bonds is 7. The summed E-state index contributed by atoms with van der Waals surface area (Å²) in [5.74, 6) is -0.0719. The highest BCUT2D eigenvalue weighted by Gasteiger charge is 2.16. The van der Waals surface area contributed by atoms with Crippen LogP contribution >= 0.6 is 0 Å². The average molecular weight is 347 g/mol. The Morgan fingerprint density at radius 1 is 1.24 bits per heavy atom. The molecule has 0 saturated carbocycles. The zero-order valence-corrected chi connectivity index (χ0v) is 15.5. The quantitative estimate of drug-likeness (QED) is 0.812. The molecule has 0 aliphatic carbocycles. The molecule has 0 atom stereocenters. The van der Waals surface area contributed by atoms with E-state index in [1.807, 2.05) is 32.0 Å². The molecule has 1 heterocycles. The number of hydrogen-bond acceptors (Lipinski definition) is 4. The smallest absolute Gasteiger partial charge is 0.223 e. The lowest BCUT2D eigenvalue weighted by Crippen LogP contribution is -2.42. The molecular weight excluding hydrogens is 318 g/mol. The van der Waals surface area contributed by atoms with E-state index < -0.39 is 0 Å². The van der Waals surface area contributed by atoms with Gasteiger partial charge in [0.15, 0.2) is 0 Å². The van der Waals surface area contributed by atoms with E-state index in [9.17, 15) is 9.59 Å². The normalized spacial score (nSPS) is 15.0. The van der Waals surface area contributed by atoms with Crippen molar-refractivity contribution in [1.82, 2.24) is 10.2 Å². The molecule has 1 N–H and O–H groups in total. The second-order valence-corrected chi connectivity index (χ2v) is 6.51. The minimum absolute atomic E-state index is 0.0238. The molecule has 1 saturated heterocycles. The van der Waals surface area contributed by atoms with Gasteiger partial charge in [-0.1, -0.05) is 17.7 Å². The number of anilines is 1. The van der Waals surface area contributed by atoms with Crippen molar-refractivity contribution in [3.05, 3.63) is 29.3 Å². The second-order valence-electron chi connectivity index (χ2n) is 6.51. The molecule has 25 heavy (non-hydrogen) atoms. The van der Waals surface area contributed by atoms with Crippen LogP contribution in [0.1, 0.15) is 24.5 Å². The first-order valence-corrected chi connectivity index (χ1v) is 8.89. The number of ether oxygens (including phenoxy) is 1. The number of nitrogens with zero attached hydrogens (tertiary/aromatic N) is 2. The predicted octanol–water partition coefficient (Wildman–Crippen LogP) is 1.49. The lowest BCUT2D eigenvalue weighted by Gasteiger charge is -2.26. The second kappa shape index (κ2) is 9.53. The zero-order chi connectivity index (χ0) is 18.2. The van der Waals surface area contributed by atoms with Gasteiger partial charge in [0.1, 0.15) is 0 Å². The molecule has 0 bridgehead atoms. The van der Waals surface area contributed by atoms with E-state index in [0.717, 1.165) is 49.7 Å². The van der Waals surface area contributed by atoms with Gasteiger partial charge in [-0.25, -0.2) is 0 Å². The van der Waals surface area contributed by atoms with Gasteiger partial charge in [-0.15, -0.1) is 0 Å². The van der Waals surface area contributed by atoms with Crippen molar-refractivity contribution in [2.24, 2.45) is 0 Å². The van der Waals surface area contributed by atoms with E-state index in [1.54, 1.807) is 4.90 Å². The third kappa shape index (κ3) is 6.14. The van der Waals surface area contributed by atoms with Crippen LogP contribution in [-0.4, -0.2) is 62.7 Å². The fraction of sp³-hybridized carbons (Fsp3) is 0.579. The molecule has 1 aromatic rings. The van der Waals surface area contributed by atoms with Crippen LogP contribution in [0, 0.1) is 13.8 Å². The summed E-state index contributed by atoms with van der Waals surface area (Å²) < 4.78 is 5.31. The molecule has 2 rings (SSSR count). The largest absolute Gasteiger partial charge is 0.379 e. The van der Waals surface area contributed by atoms with Gasteiger partial charge in [0.25, 0.3) is 0 Å². The van der Waals surface area contributed by atoms with E-state index in [2.05, 4.69) is 10.2 Å². The first-order valence-electron chi connectivity index (χ1n) is 8.89. The Bertz CT molecular complexity index is 598. The van der Waals surface area contributed by atoms with Crippen LogP contribution < -0.4 is 10.2 Å². The highest BCUT2D eigenvalue weighted by Crippen LogP contribution is 2.21. The number of hydrogen-bond donors (Lipinski definition) is 1. The van der Waals surface area contributed by atoms with Crippen molar-refractivity contribution in [3.63, 3.8) is 0 Å². The predicted molar refractivity (Wildman–Crippen MR) is 98.8 cm³/mol. The number of carbonyl (C=O) groups excluding carboxylic acids is 2. The third-order valence-electron chi connectivity index (χ3n) is 4.44. The van der Waals surface area contributed by atoms with Gasteiger partial charge in [-0.2, -0.15) is 0 Å². The van der Waals surface area contributed by atoms with Gasteiger partial charge >= 0.3 is 0 Å². The summed E-state index contributed by atoms with van der Waals surface area (Å²) in [5, 5.41) is 2.94. The van der Waals surface area contributed by atoms with Gasteiger partial charge in [0.2, 0.25) is 11.8 Å². The molecule has 0 radical (unpaired) electrons. The SMILES string of the molecule is CC(=O)N(CCC(=O)NCCN1CCOCC1)c1ccc(C)cc1C. The van der Waals surface area contributed by atoms with Crippen LogP contribution in [0.15, 0.2) is 18.2 Å². The number of carbonyl (C=O) groups is 2. The molecule has 138 valence electrons. The first-order chi connectivity index (χ1) is 12.0.